The molecule has 1 aliphatic heterocycles. The summed E-state index contributed by atoms with van der Waals surface area (Å²) in [5.74, 6) is 0. The lowest BCUT2D eigenvalue weighted by atomic mass is 10.1. The summed E-state index contributed by atoms with van der Waals surface area (Å²) in [5, 5.41) is 0. The van der Waals surface area contributed by atoms with E-state index in [4.69, 9.17) is 18.0 Å². The molecule has 3 nitrogen and oxygen atoms in total. The Morgan fingerprint density at radius 1 is 1.24 bits per heavy atom. The van der Waals surface area contributed by atoms with Crippen LogP contribution < -0.4 is 5.73 Å². The van der Waals surface area contributed by atoms with Crippen molar-refractivity contribution in [3.8, 4) is 0 Å². The molecule has 17 heavy (non-hydrogen) atoms. The second kappa shape index (κ2) is 6.12. The Morgan fingerprint density at radius 3 is 2.29 bits per heavy atom. The average molecular weight is 255 g/mol. The summed E-state index contributed by atoms with van der Waals surface area (Å²) in [6.07, 6.45) is 6.71. The number of piperazine rings is 1. The van der Waals surface area contributed by atoms with Crippen molar-refractivity contribution < 1.29 is 0 Å². The summed E-state index contributed by atoms with van der Waals surface area (Å²) in [7, 11) is 0. The van der Waals surface area contributed by atoms with Crippen LogP contribution in [0, 0.1) is 0 Å². The van der Waals surface area contributed by atoms with E-state index in [9.17, 15) is 0 Å². The molecule has 1 saturated heterocycles. The summed E-state index contributed by atoms with van der Waals surface area (Å²) in [4.78, 5) is 5.81. The van der Waals surface area contributed by atoms with Gasteiger partial charge in [0, 0.05) is 32.2 Å². The zero-order valence-corrected chi connectivity index (χ0v) is 11.7. The first kappa shape index (κ1) is 13.2. The Kier molecular flexibility index (Phi) is 4.77. The van der Waals surface area contributed by atoms with Gasteiger partial charge >= 0.3 is 0 Å². The molecule has 2 aliphatic rings. The predicted molar refractivity (Wildman–Crippen MR) is 76.3 cm³/mol. The molecular formula is C13H25N3S. The molecule has 1 unspecified atom stereocenters. The lowest BCUT2D eigenvalue weighted by molar-refractivity contribution is 0.0861. The van der Waals surface area contributed by atoms with Gasteiger partial charge in [-0.3, -0.25) is 9.80 Å². The van der Waals surface area contributed by atoms with Crippen LogP contribution in [0.5, 0.6) is 0 Å². The molecule has 2 rings (SSSR count). The van der Waals surface area contributed by atoms with Gasteiger partial charge in [0.2, 0.25) is 0 Å². The number of hydrogen-bond acceptors (Lipinski definition) is 3. The molecule has 98 valence electrons. The van der Waals surface area contributed by atoms with E-state index in [1.54, 1.807) is 0 Å². The summed E-state index contributed by atoms with van der Waals surface area (Å²) in [6, 6.07) is 1.18. The molecule has 4 heteroatoms. The van der Waals surface area contributed by atoms with Gasteiger partial charge < -0.3 is 5.73 Å². The summed E-state index contributed by atoms with van der Waals surface area (Å²) in [5.41, 5.74) is 5.81. The number of hydrogen-bond donors (Lipinski definition) is 1. The number of thiocarbonyl (C=S) groups is 1. The summed E-state index contributed by atoms with van der Waals surface area (Å²) < 4.78 is 0. The van der Waals surface area contributed by atoms with Gasteiger partial charge in [-0.1, -0.05) is 32.0 Å². The first-order valence-corrected chi connectivity index (χ1v) is 7.40. The van der Waals surface area contributed by atoms with E-state index in [0.29, 0.717) is 11.0 Å². The molecule has 2 N–H and O–H groups in total. The minimum Gasteiger partial charge on any atom is -0.392 e. The molecule has 0 aromatic carbocycles. The molecule has 0 aromatic rings. The molecule has 1 heterocycles. The third kappa shape index (κ3) is 3.18. The van der Waals surface area contributed by atoms with Crippen LogP contribution in [-0.2, 0) is 0 Å². The van der Waals surface area contributed by atoms with Crippen molar-refractivity contribution in [2.75, 3.05) is 26.2 Å². The monoisotopic (exact) mass is 255 g/mol. The fourth-order valence-electron chi connectivity index (χ4n) is 3.32. The van der Waals surface area contributed by atoms with Gasteiger partial charge in [0.05, 0.1) is 11.0 Å². The second-order valence-electron chi connectivity index (χ2n) is 5.34. The van der Waals surface area contributed by atoms with Crippen molar-refractivity contribution >= 4 is 17.2 Å². The number of nitrogens with zero attached hydrogens (tertiary/aromatic N) is 2. The lowest BCUT2D eigenvalue weighted by Gasteiger charge is -2.41. The van der Waals surface area contributed by atoms with Crippen molar-refractivity contribution in [3.05, 3.63) is 0 Å². The van der Waals surface area contributed by atoms with Gasteiger partial charge in [-0.2, -0.15) is 0 Å². The van der Waals surface area contributed by atoms with Crippen LogP contribution in [0.2, 0.25) is 0 Å². The van der Waals surface area contributed by atoms with E-state index in [0.717, 1.165) is 25.6 Å². The molecule has 0 radical (unpaired) electrons. The molecule has 0 amide bonds. The fraction of sp³-hybridized carbons (Fsp3) is 0.923. The van der Waals surface area contributed by atoms with Crippen molar-refractivity contribution in [1.29, 1.82) is 0 Å². The highest BCUT2D eigenvalue weighted by molar-refractivity contribution is 7.80. The van der Waals surface area contributed by atoms with Crippen LogP contribution >= 0.6 is 12.2 Å². The molecule has 1 saturated carbocycles. The van der Waals surface area contributed by atoms with Crippen molar-refractivity contribution in [2.24, 2.45) is 5.73 Å². The van der Waals surface area contributed by atoms with Crippen LogP contribution in [-0.4, -0.2) is 53.1 Å². The van der Waals surface area contributed by atoms with Crippen LogP contribution in [0.25, 0.3) is 0 Å². The SMILES string of the molecule is CCC(C(N)=S)N1CCN(C2CCCC2)CC1. The number of rotatable bonds is 4. The van der Waals surface area contributed by atoms with Crippen molar-refractivity contribution in [2.45, 2.75) is 51.1 Å². The Labute approximate surface area is 110 Å². The van der Waals surface area contributed by atoms with E-state index in [1.807, 2.05) is 0 Å². The largest absolute Gasteiger partial charge is 0.392 e. The minimum absolute atomic E-state index is 0.315. The Balaban J connectivity index is 1.82. The quantitative estimate of drug-likeness (QED) is 0.774. The van der Waals surface area contributed by atoms with Crippen LogP contribution in [0.1, 0.15) is 39.0 Å². The summed E-state index contributed by atoms with van der Waals surface area (Å²) in [6.45, 7) is 6.83. The van der Waals surface area contributed by atoms with Crippen molar-refractivity contribution in [1.82, 2.24) is 9.80 Å². The Bertz CT molecular complexity index is 255. The van der Waals surface area contributed by atoms with Gasteiger partial charge in [0.25, 0.3) is 0 Å². The normalized spacial score (nSPS) is 26.2. The lowest BCUT2D eigenvalue weighted by Crippen LogP contribution is -2.55. The molecule has 1 aliphatic carbocycles. The van der Waals surface area contributed by atoms with E-state index in [-0.39, 0.29) is 0 Å². The van der Waals surface area contributed by atoms with E-state index in [1.165, 1.54) is 38.8 Å². The van der Waals surface area contributed by atoms with E-state index in [2.05, 4.69) is 16.7 Å². The fourth-order valence-corrected chi connectivity index (χ4v) is 3.64. The van der Waals surface area contributed by atoms with Gasteiger partial charge in [-0.25, -0.2) is 0 Å². The van der Waals surface area contributed by atoms with Gasteiger partial charge in [-0.15, -0.1) is 0 Å². The maximum absolute atomic E-state index is 5.81. The smallest absolute Gasteiger partial charge is 0.0901 e. The van der Waals surface area contributed by atoms with Crippen molar-refractivity contribution in [3.63, 3.8) is 0 Å². The Hall–Kier alpha value is -0.190. The zero-order valence-electron chi connectivity index (χ0n) is 10.9. The highest BCUT2D eigenvalue weighted by Crippen LogP contribution is 2.24. The molecule has 0 aromatic heterocycles. The topological polar surface area (TPSA) is 32.5 Å². The minimum atomic E-state index is 0.315. The van der Waals surface area contributed by atoms with Gasteiger partial charge in [-0.05, 0) is 19.3 Å². The average Bonchev–Trinajstić information content (AvgIpc) is 2.84. The maximum Gasteiger partial charge on any atom is 0.0901 e. The van der Waals surface area contributed by atoms with Crippen LogP contribution in [0.4, 0.5) is 0 Å². The third-order valence-corrected chi connectivity index (χ3v) is 4.62. The zero-order chi connectivity index (χ0) is 12.3. The maximum atomic E-state index is 5.81. The molecular weight excluding hydrogens is 230 g/mol. The molecule has 0 bridgehead atoms. The van der Waals surface area contributed by atoms with E-state index >= 15 is 0 Å². The number of nitrogens with two attached hydrogens (primary N) is 1. The highest BCUT2D eigenvalue weighted by Gasteiger charge is 2.29. The molecule has 1 atom stereocenters. The van der Waals surface area contributed by atoms with Gasteiger partial charge in [0.15, 0.2) is 0 Å². The first-order valence-electron chi connectivity index (χ1n) is 6.99. The second-order valence-corrected chi connectivity index (χ2v) is 5.81. The predicted octanol–water partition coefficient (Wildman–Crippen LogP) is 1.61. The first-order chi connectivity index (χ1) is 8.22. The Morgan fingerprint density at radius 2 is 1.82 bits per heavy atom. The molecule has 2 fully saturated rings. The van der Waals surface area contributed by atoms with E-state index < -0.39 is 0 Å². The third-order valence-electron chi connectivity index (χ3n) is 4.35. The standard InChI is InChI=1S/C13H25N3S/c1-2-12(13(14)17)16-9-7-15(8-10-16)11-5-3-4-6-11/h11-12H,2-10H2,1H3,(H2,14,17). The van der Waals surface area contributed by atoms with Crippen LogP contribution in [0.3, 0.4) is 0 Å². The summed E-state index contributed by atoms with van der Waals surface area (Å²) >= 11 is 5.16. The van der Waals surface area contributed by atoms with Gasteiger partial charge in [0.1, 0.15) is 0 Å². The van der Waals surface area contributed by atoms with Crippen LogP contribution in [0.15, 0.2) is 0 Å². The highest BCUT2D eigenvalue weighted by atomic mass is 32.1. The molecule has 0 spiro atoms.